The highest BCUT2D eigenvalue weighted by Crippen LogP contribution is 2.18. The Morgan fingerprint density at radius 3 is 2.50 bits per heavy atom. The highest BCUT2D eigenvalue weighted by molar-refractivity contribution is 5.69. The summed E-state index contributed by atoms with van der Waals surface area (Å²) in [5, 5.41) is 9.12. The van der Waals surface area contributed by atoms with Crippen LogP contribution in [0, 0.1) is 0 Å². The summed E-state index contributed by atoms with van der Waals surface area (Å²) in [6.45, 7) is 8.62. The Morgan fingerprint density at radius 2 is 1.95 bits per heavy atom. The molecule has 0 aromatic carbocycles. The first-order valence-corrected chi connectivity index (χ1v) is 7.74. The first-order chi connectivity index (χ1) is 9.40. The number of nitrogens with zero attached hydrogens (tertiary/aromatic N) is 3. The minimum absolute atomic E-state index is 0.167. The van der Waals surface area contributed by atoms with Crippen LogP contribution in [0.5, 0.6) is 0 Å². The van der Waals surface area contributed by atoms with Gasteiger partial charge in [-0.2, -0.15) is 0 Å². The SMILES string of the molecule is CC(C)N1CCCC(N(CCN(C)C)CC(=O)O)CC1. The van der Waals surface area contributed by atoms with E-state index >= 15 is 0 Å². The molecule has 1 aliphatic rings. The van der Waals surface area contributed by atoms with Crippen LogP contribution in [-0.2, 0) is 4.79 Å². The van der Waals surface area contributed by atoms with E-state index in [-0.39, 0.29) is 6.54 Å². The van der Waals surface area contributed by atoms with Crippen LogP contribution >= 0.6 is 0 Å². The largest absolute Gasteiger partial charge is 0.480 e. The molecule has 0 aromatic rings. The van der Waals surface area contributed by atoms with Gasteiger partial charge in [0, 0.05) is 25.2 Å². The maximum Gasteiger partial charge on any atom is 0.317 e. The summed E-state index contributed by atoms with van der Waals surface area (Å²) < 4.78 is 0. The number of carboxylic acids is 1. The Labute approximate surface area is 123 Å². The monoisotopic (exact) mass is 285 g/mol. The van der Waals surface area contributed by atoms with E-state index < -0.39 is 5.97 Å². The first-order valence-electron chi connectivity index (χ1n) is 7.74. The summed E-state index contributed by atoms with van der Waals surface area (Å²) in [7, 11) is 4.07. The quantitative estimate of drug-likeness (QED) is 0.761. The van der Waals surface area contributed by atoms with Crippen molar-refractivity contribution in [2.75, 3.05) is 46.8 Å². The molecule has 1 heterocycles. The van der Waals surface area contributed by atoms with Crippen molar-refractivity contribution in [2.45, 2.75) is 45.2 Å². The van der Waals surface area contributed by atoms with Crippen LogP contribution in [0.1, 0.15) is 33.1 Å². The molecule has 1 fully saturated rings. The van der Waals surface area contributed by atoms with Gasteiger partial charge in [0.15, 0.2) is 0 Å². The molecule has 1 rings (SSSR count). The molecule has 5 heteroatoms. The maximum absolute atomic E-state index is 11.1. The fourth-order valence-corrected chi connectivity index (χ4v) is 2.88. The molecule has 0 saturated carbocycles. The minimum atomic E-state index is -0.714. The van der Waals surface area contributed by atoms with Crippen LogP contribution in [0.25, 0.3) is 0 Å². The van der Waals surface area contributed by atoms with Crippen LogP contribution < -0.4 is 0 Å². The molecule has 1 atom stereocenters. The second-order valence-corrected chi connectivity index (χ2v) is 6.38. The van der Waals surface area contributed by atoms with Crippen molar-refractivity contribution >= 4 is 5.97 Å². The van der Waals surface area contributed by atoms with Crippen LogP contribution in [0.3, 0.4) is 0 Å². The highest BCUT2D eigenvalue weighted by atomic mass is 16.4. The smallest absolute Gasteiger partial charge is 0.317 e. The number of aliphatic carboxylic acids is 1. The average molecular weight is 285 g/mol. The summed E-state index contributed by atoms with van der Waals surface area (Å²) in [5.74, 6) is -0.714. The first kappa shape index (κ1) is 17.4. The van der Waals surface area contributed by atoms with Crippen molar-refractivity contribution in [1.29, 1.82) is 0 Å². The van der Waals surface area contributed by atoms with Crippen LogP contribution in [0.15, 0.2) is 0 Å². The molecule has 1 N–H and O–H groups in total. The lowest BCUT2D eigenvalue weighted by molar-refractivity contribution is -0.139. The van der Waals surface area contributed by atoms with Crippen molar-refractivity contribution in [3.05, 3.63) is 0 Å². The van der Waals surface area contributed by atoms with Gasteiger partial charge in [0.2, 0.25) is 0 Å². The molecular formula is C15H31N3O2. The van der Waals surface area contributed by atoms with Gasteiger partial charge in [0.25, 0.3) is 0 Å². The molecule has 0 aromatic heterocycles. The van der Waals surface area contributed by atoms with E-state index in [2.05, 4.69) is 28.5 Å². The number of carboxylic acid groups (broad SMARTS) is 1. The predicted molar refractivity (Wildman–Crippen MR) is 82.1 cm³/mol. The molecular weight excluding hydrogens is 254 g/mol. The predicted octanol–water partition coefficient (Wildman–Crippen LogP) is 1.20. The number of hydrogen-bond donors (Lipinski definition) is 1. The normalized spacial score (nSPS) is 21.6. The standard InChI is InChI=1S/C15H31N3O2/c1-13(2)17-8-5-6-14(7-9-17)18(12-15(19)20)11-10-16(3)4/h13-14H,5-12H2,1-4H3,(H,19,20). The van der Waals surface area contributed by atoms with E-state index in [4.69, 9.17) is 5.11 Å². The van der Waals surface area contributed by atoms with Crippen molar-refractivity contribution in [3.63, 3.8) is 0 Å². The molecule has 0 amide bonds. The zero-order valence-electron chi connectivity index (χ0n) is 13.5. The molecule has 1 aliphatic heterocycles. The Bertz CT molecular complexity index is 295. The summed E-state index contributed by atoms with van der Waals surface area (Å²) in [6.07, 6.45) is 3.36. The van der Waals surface area contributed by atoms with E-state index in [1.807, 2.05) is 14.1 Å². The van der Waals surface area contributed by atoms with Gasteiger partial charge in [-0.1, -0.05) is 0 Å². The molecule has 0 spiro atoms. The number of hydrogen-bond acceptors (Lipinski definition) is 4. The van der Waals surface area contributed by atoms with Gasteiger partial charge in [-0.25, -0.2) is 0 Å². The molecule has 1 unspecified atom stereocenters. The topological polar surface area (TPSA) is 47.0 Å². The Balaban J connectivity index is 2.57. The molecule has 5 nitrogen and oxygen atoms in total. The number of rotatable bonds is 7. The summed E-state index contributed by atoms with van der Waals surface area (Å²) >= 11 is 0. The zero-order valence-corrected chi connectivity index (χ0v) is 13.5. The lowest BCUT2D eigenvalue weighted by Crippen LogP contribution is -2.43. The van der Waals surface area contributed by atoms with Crippen LogP contribution in [-0.4, -0.2) is 84.7 Å². The van der Waals surface area contributed by atoms with Crippen molar-refractivity contribution in [3.8, 4) is 0 Å². The fourth-order valence-electron chi connectivity index (χ4n) is 2.88. The van der Waals surface area contributed by atoms with Crippen molar-refractivity contribution < 1.29 is 9.90 Å². The van der Waals surface area contributed by atoms with Gasteiger partial charge in [0.1, 0.15) is 0 Å². The van der Waals surface area contributed by atoms with Gasteiger partial charge in [0.05, 0.1) is 6.54 Å². The lowest BCUT2D eigenvalue weighted by Gasteiger charge is -2.31. The van der Waals surface area contributed by atoms with E-state index in [1.165, 1.54) is 6.42 Å². The fraction of sp³-hybridized carbons (Fsp3) is 0.933. The molecule has 118 valence electrons. The molecule has 0 bridgehead atoms. The third kappa shape index (κ3) is 6.20. The van der Waals surface area contributed by atoms with Gasteiger partial charge in [-0.05, 0) is 60.3 Å². The highest BCUT2D eigenvalue weighted by Gasteiger charge is 2.24. The second kappa shape index (κ2) is 8.60. The van der Waals surface area contributed by atoms with Gasteiger partial charge in [-0.15, -0.1) is 0 Å². The summed E-state index contributed by atoms with van der Waals surface area (Å²) in [6, 6.07) is 0.998. The van der Waals surface area contributed by atoms with Gasteiger partial charge in [-0.3, -0.25) is 9.69 Å². The zero-order chi connectivity index (χ0) is 15.1. The Hall–Kier alpha value is -0.650. The number of likely N-dealkylation sites (tertiary alicyclic amines) is 1. The van der Waals surface area contributed by atoms with Crippen molar-refractivity contribution in [1.82, 2.24) is 14.7 Å². The third-order valence-electron chi connectivity index (χ3n) is 4.15. The Kier molecular flexibility index (Phi) is 7.48. The van der Waals surface area contributed by atoms with E-state index in [0.29, 0.717) is 12.1 Å². The van der Waals surface area contributed by atoms with Crippen LogP contribution in [0.4, 0.5) is 0 Å². The van der Waals surface area contributed by atoms with E-state index in [0.717, 1.165) is 39.0 Å². The van der Waals surface area contributed by atoms with E-state index in [1.54, 1.807) is 0 Å². The second-order valence-electron chi connectivity index (χ2n) is 6.38. The lowest BCUT2D eigenvalue weighted by atomic mass is 10.1. The minimum Gasteiger partial charge on any atom is -0.480 e. The Morgan fingerprint density at radius 1 is 1.25 bits per heavy atom. The molecule has 20 heavy (non-hydrogen) atoms. The van der Waals surface area contributed by atoms with Gasteiger partial charge < -0.3 is 14.9 Å². The molecule has 0 radical (unpaired) electrons. The molecule has 0 aliphatic carbocycles. The summed E-state index contributed by atoms with van der Waals surface area (Å²) in [4.78, 5) is 17.9. The maximum atomic E-state index is 11.1. The van der Waals surface area contributed by atoms with Crippen molar-refractivity contribution in [2.24, 2.45) is 0 Å². The number of carbonyl (C=O) groups is 1. The van der Waals surface area contributed by atoms with Crippen LogP contribution in [0.2, 0.25) is 0 Å². The third-order valence-corrected chi connectivity index (χ3v) is 4.15. The number of likely N-dealkylation sites (N-methyl/N-ethyl adjacent to an activating group) is 1. The van der Waals surface area contributed by atoms with Gasteiger partial charge >= 0.3 is 5.97 Å². The summed E-state index contributed by atoms with van der Waals surface area (Å²) in [5.41, 5.74) is 0. The molecule has 1 saturated heterocycles. The van der Waals surface area contributed by atoms with E-state index in [9.17, 15) is 4.79 Å². The average Bonchev–Trinajstić information content (AvgIpc) is 2.59.